The SMILES string of the molecule is O.OP(O)(O)=S.OP(O)(O)=S.[Mo]. The molecule has 0 aliphatic carbocycles. The molecule has 0 atom stereocenters. The van der Waals surface area contributed by atoms with Crippen LogP contribution in [0.3, 0.4) is 0 Å². The predicted molar refractivity (Wildman–Crippen MR) is 45.5 cm³/mol. The van der Waals surface area contributed by atoms with Gasteiger partial charge in [0.1, 0.15) is 0 Å². The van der Waals surface area contributed by atoms with Crippen LogP contribution in [-0.2, 0) is 44.7 Å². The van der Waals surface area contributed by atoms with Gasteiger partial charge in [0.05, 0.1) is 0 Å². The Labute approximate surface area is 92.8 Å². The molecule has 0 aromatic rings. The van der Waals surface area contributed by atoms with Gasteiger partial charge >= 0.3 is 13.4 Å². The molecule has 0 saturated carbocycles. The Kier molecular flexibility index (Phi) is 18.1. The van der Waals surface area contributed by atoms with Crippen LogP contribution in [0.1, 0.15) is 0 Å². The smallest absolute Gasteiger partial charge is 0.319 e. The molecule has 0 aromatic carbocycles. The first kappa shape index (κ1) is 23.5. The molecule has 0 fully saturated rings. The van der Waals surface area contributed by atoms with E-state index in [-0.39, 0.29) is 26.5 Å². The molecular formula is H8MoO7P2S2. The van der Waals surface area contributed by atoms with Gasteiger partial charge in [-0.3, -0.25) is 0 Å². The minimum Gasteiger partial charge on any atom is -0.412 e. The largest absolute Gasteiger partial charge is 0.412 e. The van der Waals surface area contributed by atoms with Crippen molar-refractivity contribution in [1.82, 2.24) is 0 Å². The second kappa shape index (κ2) is 9.27. The van der Waals surface area contributed by atoms with Crippen molar-refractivity contribution in [2.45, 2.75) is 0 Å². The molecule has 0 rings (SSSR count). The van der Waals surface area contributed by atoms with Crippen LogP contribution in [0.25, 0.3) is 0 Å². The van der Waals surface area contributed by atoms with Crippen molar-refractivity contribution in [3.8, 4) is 0 Å². The molecule has 0 bridgehead atoms. The molecule has 12 heteroatoms. The van der Waals surface area contributed by atoms with Crippen LogP contribution in [0.5, 0.6) is 0 Å². The molecule has 0 radical (unpaired) electrons. The van der Waals surface area contributed by atoms with Gasteiger partial charge in [0.2, 0.25) is 0 Å². The summed E-state index contributed by atoms with van der Waals surface area (Å²) >= 11 is 7.21. The summed E-state index contributed by atoms with van der Waals surface area (Å²) in [6.07, 6.45) is 0. The third-order valence-corrected chi connectivity index (χ3v) is 0. The molecule has 78 valence electrons. The average molecular weight is 342 g/mol. The van der Waals surface area contributed by atoms with E-state index >= 15 is 0 Å². The Balaban J connectivity index is -0.0000000457. The standard InChI is InChI=1S/Mo.2H3O3PS.H2O/c;2*1-4(2,3)5;/h;2*(H3,1,2,3,5);1H2. The topological polar surface area (TPSA) is 153 Å². The van der Waals surface area contributed by atoms with Crippen LogP contribution in [0.2, 0.25) is 0 Å². The van der Waals surface area contributed by atoms with Gasteiger partial charge in [0.25, 0.3) is 0 Å². The Morgan fingerprint density at radius 1 is 0.667 bits per heavy atom. The van der Waals surface area contributed by atoms with E-state index in [0.717, 1.165) is 0 Å². The molecule has 0 unspecified atom stereocenters. The zero-order valence-corrected chi connectivity index (χ0v) is 10.7. The van der Waals surface area contributed by atoms with E-state index in [1.54, 1.807) is 0 Å². The van der Waals surface area contributed by atoms with E-state index in [1.807, 2.05) is 0 Å². The first-order valence-electron chi connectivity index (χ1n) is 1.57. The molecule has 0 heterocycles. The first-order chi connectivity index (χ1) is 4.00. The molecule has 12 heavy (non-hydrogen) atoms. The predicted octanol–water partition coefficient (Wildman–Crippen LogP) is -2.45. The van der Waals surface area contributed by atoms with Gasteiger partial charge in [-0.25, -0.2) is 0 Å². The van der Waals surface area contributed by atoms with Crippen molar-refractivity contribution < 1.29 is 55.9 Å². The third kappa shape index (κ3) is 460. The zero-order chi connectivity index (χ0) is 9.00. The van der Waals surface area contributed by atoms with Crippen LogP contribution in [-0.4, -0.2) is 34.8 Å². The van der Waals surface area contributed by atoms with Crippen molar-refractivity contribution in [3.63, 3.8) is 0 Å². The van der Waals surface area contributed by atoms with Crippen LogP contribution in [0, 0.1) is 0 Å². The van der Waals surface area contributed by atoms with Crippen molar-refractivity contribution in [2.24, 2.45) is 0 Å². The van der Waals surface area contributed by atoms with Gasteiger partial charge in [-0.2, -0.15) is 0 Å². The van der Waals surface area contributed by atoms with Crippen LogP contribution < -0.4 is 0 Å². The minimum absolute atomic E-state index is 0. The van der Waals surface area contributed by atoms with Crippen LogP contribution in [0.15, 0.2) is 0 Å². The third-order valence-electron chi connectivity index (χ3n) is 0. The maximum atomic E-state index is 7.56. The molecule has 0 aromatic heterocycles. The fraction of sp³-hybridized carbons (Fsp3) is 0. The molecule has 0 amide bonds. The summed E-state index contributed by atoms with van der Waals surface area (Å²) in [6.45, 7) is -7.61. The van der Waals surface area contributed by atoms with Crippen molar-refractivity contribution in [2.75, 3.05) is 0 Å². The van der Waals surface area contributed by atoms with Gasteiger partial charge in [-0.05, 0) is 23.6 Å². The maximum absolute atomic E-state index is 7.56. The van der Waals surface area contributed by atoms with Gasteiger partial charge in [-0.15, -0.1) is 0 Å². The minimum atomic E-state index is -3.81. The summed E-state index contributed by atoms with van der Waals surface area (Å²) in [5.41, 5.74) is 0. The van der Waals surface area contributed by atoms with Gasteiger partial charge < -0.3 is 34.8 Å². The summed E-state index contributed by atoms with van der Waals surface area (Å²) in [6, 6.07) is 0. The zero-order valence-electron chi connectivity index (χ0n) is 5.30. The maximum Gasteiger partial charge on any atom is 0.319 e. The second-order valence-corrected chi connectivity index (χ2v) is 6.02. The number of hydrogen-bond donors (Lipinski definition) is 6. The number of rotatable bonds is 0. The Bertz CT molecular complexity index is 132. The van der Waals surface area contributed by atoms with Crippen molar-refractivity contribution in [3.05, 3.63) is 0 Å². The van der Waals surface area contributed by atoms with Crippen molar-refractivity contribution in [1.29, 1.82) is 0 Å². The van der Waals surface area contributed by atoms with Gasteiger partial charge in [0, 0.05) is 21.1 Å². The first-order valence-corrected chi connectivity index (χ1v) is 6.89. The fourth-order valence-corrected chi connectivity index (χ4v) is 0. The van der Waals surface area contributed by atoms with Crippen LogP contribution >= 0.6 is 13.4 Å². The van der Waals surface area contributed by atoms with E-state index in [0.29, 0.717) is 0 Å². The Hall–Kier alpha value is 1.71. The van der Waals surface area contributed by atoms with Gasteiger partial charge in [0.15, 0.2) is 0 Å². The molecular weight excluding hydrogens is 334 g/mol. The second-order valence-electron chi connectivity index (χ2n) is 1.03. The molecule has 0 saturated heterocycles. The summed E-state index contributed by atoms with van der Waals surface area (Å²) in [7, 11) is 0. The Morgan fingerprint density at radius 2 is 0.667 bits per heavy atom. The van der Waals surface area contributed by atoms with E-state index in [9.17, 15) is 0 Å². The van der Waals surface area contributed by atoms with E-state index < -0.39 is 13.4 Å². The molecule has 0 spiro atoms. The molecule has 0 aliphatic heterocycles. The summed E-state index contributed by atoms with van der Waals surface area (Å²) in [4.78, 5) is 45.3. The van der Waals surface area contributed by atoms with E-state index in [4.69, 9.17) is 29.4 Å². The van der Waals surface area contributed by atoms with Gasteiger partial charge in [-0.1, -0.05) is 0 Å². The monoisotopic (exact) mass is 344 g/mol. The molecule has 0 aliphatic rings. The summed E-state index contributed by atoms with van der Waals surface area (Å²) in [5, 5.41) is 0. The fourth-order valence-electron chi connectivity index (χ4n) is 0. The van der Waals surface area contributed by atoms with Crippen LogP contribution in [0.4, 0.5) is 0 Å². The summed E-state index contributed by atoms with van der Waals surface area (Å²) in [5.74, 6) is 0. The quantitative estimate of drug-likeness (QED) is 0.210. The Morgan fingerprint density at radius 3 is 0.667 bits per heavy atom. The molecule has 8 N–H and O–H groups in total. The number of hydrogen-bond acceptors (Lipinski definition) is 2. The molecule has 7 nitrogen and oxygen atoms in total. The summed E-state index contributed by atoms with van der Waals surface area (Å²) < 4.78 is 0. The van der Waals surface area contributed by atoms with E-state index in [2.05, 4.69) is 23.6 Å². The average Bonchev–Trinajstić information content (AvgIpc) is 1.12. The normalized spacial score (nSPS) is 9.83. The van der Waals surface area contributed by atoms with Crippen molar-refractivity contribution >= 4 is 37.1 Å². The van der Waals surface area contributed by atoms with E-state index in [1.165, 1.54) is 0 Å².